The molecule has 0 saturated carbocycles. The summed E-state index contributed by atoms with van der Waals surface area (Å²) in [6, 6.07) is 2.73. The van der Waals surface area contributed by atoms with Crippen molar-refractivity contribution in [3.63, 3.8) is 0 Å². The molecular formula is C10H18N4. The molecule has 4 nitrogen and oxygen atoms in total. The van der Waals surface area contributed by atoms with E-state index in [0.717, 1.165) is 25.3 Å². The third kappa shape index (κ3) is 1.67. The maximum Gasteiger partial charge on any atom is 0.0767 e. The standard InChI is InChI=1S/C10H18N4/c1-8-5-9(12-13(8)2)7-14-4-3-10(14)6-11/h5,10H,3-4,6-7,11H2,1-2H3. The Bertz CT molecular complexity index is 296. The van der Waals surface area contributed by atoms with Gasteiger partial charge in [0.1, 0.15) is 0 Å². The van der Waals surface area contributed by atoms with Crippen molar-refractivity contribution >= 4 is 0 Å². The number of likely N-dealkylation sites (tertiary alicyclic amines) is 1. The van der Waals surface area contributed by atoms with E-state index in [-0.39, 0.29) is 0 Å². The average Bonchev–Trinajstić information content (AvgIpc) is 2.42. The van der Waals surface area contributed by atoms with E-state index in [2.05, 4.69) is 23.0 Å². The lowest BCUT2D eigenvalue weighted by Crippen LogP contribution is -2.50. The fourth-order valence-electron chi connectivity index (χ4n) is 1.89. The zero-order valence-corrected chi connectivity index (χ0v) is 8.90. The van der Waals surface area contributed by atoms with E-state index in [4.69, 9.17) is 5.73 Å². The van der Waals surface area contributed by atoms with Crippen molar-refractivity contribution in [3.05, 3.63) is 17.5 Å². The lowest BCUT2D eigenvalue weighted by molar-refractivity contribution is 0.0865. The second kappa shape index (κ2) is 3.71. The van der Waals surface area contributed by atoms with E-state index in [1.807, 2.05) is 11.7 Å². The molecule has 1 aliphatic rings. The van der Waals surface area contributed by atoms with E-state index < -0.39 is 0 Å². The Balaban J connectivity index is 1.97. The molecule has 1 aliphatic heterocycles. The lowest BCUT2D eigenvalue weighted by atomic mass is 10.0. The molecule has 1 aromatic heterocycles. The maximum absolute atomic E-state index is 5.65. The molecule has 4 heteroatoms. The SMILES string of the molecule is Cc1cc(CN2CCC2CN)nn1C. The number of aromatic nitrogens is 2. The first-order valence-electron chi connectivity index (χ1n) is 5.14. The lowest BCUT2D eigenvalue weighted by Gasteiger charge is -2.39. The second-order valence-electron chi connectivity index (χ2n) is 4.05. The molecule has 2 heterocycles. The Morgan fingerprint density at radius 2 is 2.43 bits per heavy atom. The molecule has 0 aliphatic carbocycles. The summed E-state index contributed by atoms with van der Waals surface area (Å²) in [6.45, 7) is 4.96. The number of rotatable bonds is 3. The van der Waals surface area contributed by atoms with Crippen LogP contribution in [0.15, 0.2) is 6.07 Å². The van der Waals surface area contributed by atoms with Gasteiger partial charge in [-0.25, -0.2) is 0 Å². The van der Waals surface area contributed by atoms with Crippen molar-refractivity contribution in [3.8, 4) is 0 Å². The van der Waals surface area contributed by atoms with Crippen molar-refractivity contribution in [1.29, 1.82) is 0 Å². The topological polar surface area (TPSA) is 47.1 Å². The van der Waals surface area contributed by atoms with Crippen LogP contribution in [-0.4, -0.2) is 33.8 Å². The van der Waals surface area contributed by atoms with E-state index >= 15 is 0 Å². The Morgan fingerprint density at radius 1 is 1.64 bits per heavy atom. The first-order valence-corrected chi connectivity index (χ1v) is 5.14. The zero-order chi connectivity index (χ0) is 10.1. The highest BCUT2D eigenvalue weighted by Gasteiger charge is 2.26. The molecule has 0 radical (unpaired) electrons. The van der Waals surface area contributed by atoms with Gasteiger partial charge in [0.15, 0.2) is 0 Å². The molecule has 1 saturated heterocycles. The van der Waals surface area contributed by atoms with Gasteiger partial charge in [-0.3, -0.25) is 9.58 Å². The second-order valence-corrected chi connectivity index (χ2v) is 4.05. The Hall–Kier alpha value is -0.870. The molecule has 1 unspecified atom stereocenters. The first kappa shape index (κ1) is 9.68. The minimum absolute atomic E-state index is 0.581. The number of nitrogens with two attached hydrogens (primary N) is 1. The van der Waals surface area contributed by atoms with Crippen LogP contribution in [-0.2, 0) is 13.6 Å². The fraction of sp³-hybridized carbons (Fsp3) is 0.700. The summed E-state index contributed by atoms with van der Waals surface area (Å²) < 4.78 is 1.92. The van der Waals surface area contributed by atoms with Crippen molar-refractivity contribution in [2.45, 2.75) is 25.9 Å². The number of hydrogen-bond donors (Lipinski definition) is 1. The van der Waals surface area contributed by atoms with Gasteiger partial charge < -0.3 is 5.73 Å². The van der Waals surface area contributed by atoms with Gasteiger partial charge >= 0.3 is 0 Å². The summed E-state index contributed by atoms with van der Waals surface area (Å²) in [5.74, 6) is 0. The highest BCUT2D eigenvalue weighted by atomic mass is 15.3. The van der Waals surface area contributed by atoms with Crippen molar-refractivity contribution in [1.82, 2.24) is 14.7 Å². The van der Waals surface area contributed by atoms with Crippen LogP contribution in [0.25, 0.3) is 0 Å². The van der Waals surface area contributed by atoms with E-state index in [9.17, 15) is 0 Å². The molecule has 0 aromatic carbocycles. The Morgan fingerprint density at radius 3 is 2.86 bits per heavy atom. The maximum atomic E-state index is 5.65. The molecule has 1 aromatic rings. The quantitative estimate of drug-likeness (QED) is 0.751. The van der Waals surface area contributed by atoms with E-state index in [1.54, 1.807) is 0 Å². The van der Waals surface area contributed by atoms with Gasteiger partial charge in [0.2, 0.25) is 0 Å². The molecule has 1 fully saturated rings. The van der Waals surface area contributed by atoms with Crippen LogP contribution >= 0.6 is 0 Å². The predicted octanol–water partition coefficient (Wildman–Crippen LogP) is 0.262. The summed E-state index contributed by atoms with van der Waals surface area (Å²) in [6.07, 6.45) is 1.24. The van der Waals surface area contributed by atoms with Gasteiger partial charge in [-0.2, -0.15) is 5.10 Å². The van der Waals surface area contributed by atoms with Crippen LogP contribution in [0, 0.1) is 6.92 Å². The molecule has 2 N–H and O–H groups in total. The highest BCUT2D eigenvalue weighted by Crippen LogP contribution is 2.18. The van der Waals surface area contributed by atoms with Gasteiger partial charge in [0, 0.05) is 38.4 Å². The van der Waals surface area contributed by atoms with Crippen LogP contribution in [0.2, 0.25) is 0 Å². The third-order valence-corrected chi connectivity index (χ3v) is 3.07. The molecule has 2 rings (SSSR count). The van der Waals surface area contributed by atoms with Gasteiger partial charge in [0.25, 0.3) is 0 Å². The average molecular weight is 194 g/mol. The Labute approximate surface area is 84.7 Å². The monoisotopic (exact) mass is 194 g/mol. The minimum atomic E-state index is 0.581. The summed E-state index contributed by atoms with van der Waals surface area (Å²) >= 11 is 0. The summed E-state index contributed by atoms with van der Waals surface area (Å²) in [4.78, 5) is 2.39. The van der Waals surface area contributed by atoms with Gasteiger partial charge in [-0.1, -0.05) is 0 Å². The fourth-order valence-corrected chi connectivity index (χ4v) is 1.89. The van der Waals surface area contributed by atoms with E-state index in [0.29, 0.717) is 6.04 Å². The molecule has 0 bridgehead atoms. The number of aryl methyl sites for hydroxylation is 2. The van der Waals surface area contributed by atoms with Crippen molar-refractivity contribution < 1.29 is 0 Å². The van der Waals surface area contributed by atoms with Crippen LogP contribution in [0.4, 0.5) is 0 Å². The smallest absolute Gasteiger partial charge is 0.0767 e. The van der Waals surface area contributed by atoms with Crippen molar-refractivity contribution in [2.24, 2.45) is 12.8 Å². The van der Waals surface area contributed by atoms with Crippen molar-refractivity contribution in [2.75, 3.05) is 13.1 Å². The zero-order valence-electron chi connectivity index (χ0n) is 8.90. The van der Waals surface area contributed by atoms with Crippen LogP contribution < -0.4 is 5.73 Å². The van der Waals surface area contributed by atoms with Gasteiger partial charge in [0.05, 0.1) is 5.69 Å². The molecule has 78 valence electrons. The molecule has 0 amide bonds. The first-order chi connectivity index (χ1) is 6.70. The molecule has 14 heavy (non-hydrogen) atoms. The number of hydrogen-bond acceptors (Lipinski definition) is 3. The third-order valence-electron chi connectivity index (χ3n) is 3.07. The summed E-state index contributed by atoms with van der Waals surface area (Å²) in [5.41, 5.74) is 8.01. The molecule has 1 atom stereocenters. The summed E-state index contributed by atoms with van der Waals surface area (Å²) in [5, 5.41) is 4.43. The molecule has 0 spiro atoms. The van der Waals surface area contributed by atoms with Gasteiger partial charge in [-0.15, -0.1) is 0 Å². The normalized spacial score (nSPS) is 22.4. The number of nitrogens with zero attached hydrogens (tertiary/aromatic N) is 3. The largest absolute Gasteiger partial charge is 0.329 e. The highest BCUT2D eigenvalue weighted by molar-refractivity contribution is 5.09. The van der Waals surface area contributed by atoms with Crippen LogP contribution in [0.1, 0.15) is 17.8 Å². The Kier molecular flexibility index (Phi) is 2.56. The summed E-state index contributed by atoms with van der Waals surface area (Å²) in [7, 11) is 1.98. The van der Waals surface area contributed by atoms with Crippen LogP contribution in [0.3, 0.4) is 0 Å². The van der Waals surface area contributed by atoms with Crippen LogP contribution in [0.5, 0.6) is 0 Å². The predicted molar refractivity (Wildman–Crippen MR) is 55.8 cm³/mol. The minimum Gasteiger partial charge on any atom is -0.329 e. The molecular weight excluding hydrogens is 176 g/mol. The van der Waals surface area contributed by atoms with Gasteiger partial charge in [-0.05, 0) is 19.4 Å². The van der Waals surface area contributed by atoms with E-state index in [1.165, 1.54) is 12.1 Å².